The van der Waals surface area contributed by atoms with Crippen molar-refractivity contribution in [2.24, 2.45) is 4.36 Å². The SMILES string of the molecule is C=CS(=N)(=NC)C(C)c1cccc(C(=O)OCC)c1. The van der Waals surface area contributed by atoms with Crippen LogP contribution in [0, 0.1) is 4.78 Å². The smallest absolute Gasteiger partial charge is 0.338 e. The van der Waals surface area contributed by atoms with Gasteiger partial charge in [0.15, 0.2) is 0 Å². The van der Waals surface area contributed by atoms with Crippen molar-refractivity contribution >= 4 is 15.6 Å². The summed E-state index contributed by atoms with van der Waals surface area (Å²) in [5.74, 6) is -0.339. The van der Waals surface area contributed by atoms with Crippen LogP contribution in [0.5, 0.6) is 0 Å². The van der Waals surface area contributed by atoms with E-state index in [9.17, 15) is 4.79 Å². The maximum absolute atomic E-state index is 11.7. The van der Waals surface area contributed by atoms with Crippen molar-refractivity contribution in [2.45, 2.75) is 19.1 Å². The van der Waals surface area contributed by atoms with Crippen LogP contribution in [0.3, 0.4) is 0 Å². The number of esters is 1. The normalized spacial score (nSPS) is 15.1. The third kappa shape index (κ3) is 3.44. The van der Waals surface area contributed by atoms with Crippen molar-refractivity contribution in [3.05, 3.63) is 47.4 Å². The molecule has 1 rings (SSSR count). The summed E-state index contributed by atoms with van der Waals surface area (Å²) in [5.41, 5.74) is 1.41. The van der Waals surface area contributed by atoms with Crippen molar-refractivity contribution in [1.82, 2.24) is 0 Å². The van der Waals surface area contributed by atoms with E-state index in [-0.39, 0.29) is 11.2 Å². The summed E-state index contributed by atoms with van der Waals surface area (Å²) >= 11 is 0. The number of hydrogen-bond acceptors (Lipinski definition) is 4. The Labute approximate surface area is 115 Å². The highest BCUT2D eigenvalue weighted by molar-refractivity contribution is 7.97. The first-order valence-corrected chi connectivity index (χ1v) is 7.77. The van der Waals surface area contributed by atoms with E-state index in [1.54, 1.807) is 37.6 Å². The topological polar surface area (TPSA) is 62.5 Å². The van der Waals surface area contributed by atoms with E-state index in [1.165, 1.54) is 0 Å². The second-order valence-corrected chi connectivity index (χ2v) is 6.76. The third-order valence-corrected chi connectivity index (χ3v) is 5.42. The van der Waals surface area contributed by atoms with Crippen molar-refractivity contribution in [1.29, 1.82) is 4.78 Å². The second kappa shape index (κ2) is 6.52. The van der Waals surface area contributed by atoms with Crippen LogP contribution < -0.4 is 0 Å². The first-order chi connectivity index (χ1) is 8.98. The van der Waals surface area contributed by atoms with Gasteiger partial charge in [0.2, 0.25) is 0 Å². The minimum atomic E-state index is -2.01. The average molecular weight is 280 g/mol. The van der Waals surface area contributed by atoms with Crippen LogP contribution in [0.15, 0.2) is 40.6 Å². The summed E-state index contributed by atoms with van der Waals surface area (Å²) in [6.45, 7) is 7.76. The Hall–Kier alpha value is -1.62. The fraction of sp³-hybridized carbons (Fsp3) is 0.357. The largest absolute Gasteiger partial charge is 0.462 e. The molecule has 104 valence electrons. The van der Waals surface area contributed by atoms with Crippen molar-refractivity contribution in [2.75, 3.05) is 13.7 Å². The van der Waals surface area contributed by atoms with Crippen LogP contribution in [0.2, 0.25) is 0 Å². The van der Waals surface area contributed by atoms with Gasteiger partial charge < -0.3 is 4.74 Å². The van der Waals surface area contributed by atoms with Crippen molar-refractivity contribution in [3.63, 3.8) is 0 Å². The molecule has 0 heterocycles. The number of nitrogens with zero attached hydrogens (tertiary/aromatic N) is 1. The molecule has 2 atom stereocenters. The Bertz CT molecular complexity index is 587. The van der Waals surface area contributed by atoms with E-state index in [0.717, 1.165) is 5.56 Å². The Kier molecular flexibility index (Phi) is 5.30. The second-order valence-electron chi connectivity index (χ2n) is 4.01. The van der Waals surface area contributed by atoms with Crippen LogP contribution in [0.1, 0.15) is 35.0 Å². The molecule has 0 saturated carbocycles. The van der Waals surface area contributed by atoms with Gasteiger partial charge in [0.25, 0.3) is 0 Å². The molecule has 0 bridgehead atoms. The molecule has 0 radical (unpaired) electrons. The van der Waals surface area contributed by atoms with Gasteiger partial charge in [-0.15, -0.1) is 0 Å². The number of carbonyl (C=O) groups is 1. The van der Waals surface area contributed by atoms with E-state index in [0.29, 0.717) is 12.2 Å². The zero-order valence-corrected chi connectivity index (χ0v) is 12.4. The molecule has 0 saturated heterocycles. The predicted octanol–water partition coefficient (Wildman–Crippen LogP) is 3.80. The van der Waals surface area contributed by atoms with E-state index in [1.807, 2.05) is 13.0 Å². The highest BCUT2D eigenvalue weighted by Gasteiger charge is 2.15. The third-order valence-electron chi connectivity index (χ3n) is 2.96. The minimum absolute atomic E-state index is 0.107. The van der Waals surface area contributed by atoms with E-state index in [4.69, 9.17) is 9.52 Å². The van der Waals surface area contributed by atoms with Gasteiger partial charge in [-0.05, 0) is 46.6 Å². The van der Waals surface area contributed by atoms with Crippen molar-refractivity contribution < 1.29 is 9.53 Å². The Morgan fingerprint density at radius 1 is 1.63 bits per heavy atom. The molecular formula is C14H20N2O2S. The van der Waals surface area contributed by atoms with Crippen LogP contribution in [-0.2, 0) is 14.4 Å². The molecular weight excluding hydrogens is 260 g/mol. The molecule has 19 heavy (non-hydrogen) atoms. The van der Waals surface area contributed by atoms with Crippen LogP contribution >= 0.6 is 0 Å². The predicted molar refractivity (Wildman–Crippen MR) is 79.4 cm³/mol. The zero-order valence-electron chi connectivity index (χ0n) is 11.6. The van der Waals surface area contributed by atoms with Crippen LogP contribution in [-0.4, -0.2) is 19.6 Å². The van der Waals surface area contributed by atoms with Crippen molar-refractivity contribution in [3.8, 4) is 0 Å². The monoisotopic (exact) mass is 280 g/mol. The van der Waals surface area contributed by atoms with Crippen LogP contribution in [0.25, 0.3) is 0 Å². The number of rotatable bonds is 5. The first kappa shape index (κ1) is 15.4. The van der Waals surface area contributed by atoms with Gasteiger partial charge in [-0.3, -0.25) is 9.14 Å². The number of benzene rings is 1. The maximum Gasteiger partial charge on any atom is 0.338 e. The number of carbonyl (C=O) groups excluding carboxylic acids is 1. The van der Waals surface area contributed by atoms with Gasteiger partial charge in [0.05, 0.1) is 17.4 Å². The Morgan fingerprint density at radius 3 is 2.84 bits per heavy atom. The molecule has 0 aliphatic carbocycles. The minimum Gasteiger partial charge on any atom is -0.462 e. The first-order valence-electron chi connectivity index (χ1n) is 6.05. The highest BCUT2D eigenvalue weighted by atomic mass is 32.2. The summed E-state index contributed by atoms with van der Waals surface area (Å²) in [6, 6.07) is 7.19. The van der Waals surface area contributed by atoms with Gasteiger partial charge in [0, 0.05) is 7.05 Å². The summed E-state index contributed by atoms with van der Waals surface area (Å²) in [6.07, 6.45) is 0. The lowest BCUT2D eigenvalue weighted by molar-refractivity contribution is 0.0526. The lowest BCUT2D eigenvalue weighted by Gasteiger charge is -2.18. The molecule has 0 fully saturated rings. The summed E-state index contributed by atoms with van der Waals surface area (Å²) < 4.78 is 17.4. The number of nitrogens with one attached hydrogen (secondary N) is 1. The summed E-state index contributed by atoms with van der Waals surface area (Å²) in [5, 5.41) is 1.48. The van der Waals surface area contributed by atoms with E-state index < -0.39 is 9.62 Å². The standard InChI is InChI=1S/C14H20N2O2S/c1-5-18-14(17)13-9-7-8-12(10-13)11(3)19(15,6-2)16-4/h6-11,15H,2,5H2,1,3-4H3. The van der Waals surface area contributed by atoms with Gasteiger partial charge in [-0.2, -0.15) is 0 Å². The van der Waals surface area contributed by atoms with E-state index in [2.05, 4.69) is 10.9 Å². The maximum atomic E-state index is 11.7. The Balaban J connectivity index is 3.17. The molecule has 4 nitrogen and oxygen atoms in total. The van der Waals surface area contributed by atoms with Gasteiger partial charge in [-0.25, -0.2) is 4.79 Å². The molecule has 1 aromatic rings. The quantitative estimate of drug-likeness (QED) is 0.834. The van der Waals surface area contributed by atoms with Crippen LogP contribution in [0.4, 0.5) is 0 Å². The molecule has 2 unspecified atom stereocenters. The molecule has 1 aromatic carbocycles. The van der Waals surface area contributed by atoms with Gasteiger partial charge in [0.1, 0.15) is 0 Å². The fourth-order valence-corrected chi connectivity index (χ4v) is 3.03. The molecule has 0 aliphatic heterocycles. The lowest BCUT2D eigenvalue weighted by atomic mass is 10.1. The lowest BCUT2D eigenvalue weighted by Crippen LogP contribution is -2.08. The molecule has 0 aromatic heterocycles. The molecule has 1 N–H and O–H groups in total. The summed E-state index contributed by atoms with van der Waals surface area (Å²) in [4.78, 5) is 11.7. The Morgan fingerprint density at radius 2 is 2.32 bits per heavy atom. The molecule has 0 aliphatic rings. The molecule has 0 amide bonds. The fourth-order valence-electron chi connectivity index (χ4n) is 1.72. The zero-order chi connectivity index (χ0) is 14.5. The molecule has 0 spiro atoms. The van der Waals surface area contributed by atoms with Gasteiger partial charge in [-0.1, -0.05) is 18.7 Å². The van der Waals surface area contributed by atoms with Gasteiger partial charge >= 0.3 is 5.97 Å². The molecule has 5 heteroatoms. The van der Waals surface area contributed by atoms with E-state index >= 15 is 0 Å². The summed E-state index contributed by atoms with van der Waals surface area (Å²) in [7, 11) is -0.380. The highest BCUT2D eigenvalue weighted by Crippen LogP contribution is 2.26. The number of ether oxygens (including phenoxy) is 1. The average Bonchev–Trinajstić information content (AvgIpc) is 2.46. The number of hydrogen-bond donors (Lipinski definition) is 1.